The number of rotatable bonds is 3. The van der Waals surface area contributed by atoms with Gasteiger partial charge in [0.1, 0.15) is 0 Å². The second-order valence-electron chi connectivity index (χ2n) is 7.20. The smallest absolute Gasteiger partial charge is 0.254 e. The molecule has 4 rings (SSSR count). The van der Waals surface area contributed by atoms with E-state index in [0.29, 0.717) is 24.2 Å². The number of fused-ring (bicyclic) bond motifs is 2. The van der Waals surface area contributed by atoms with Crippen molar-refractivity contribution in [3.05, 3.63) is 57.8 Å². The number of thiophene rings is 1. The number of benzene rings is 1. The highest BCUT2D eigenvalue weighted by molar-refractivity contribution is 7.07. The summed E-state index contributed by atoms with van der Waals surface area (Å²) in [6, 6.07) is 9.32. The number of nitrogens with zero attached hydrogens (tertiary/aromatic N) is 2. The van der Waals surface area contributed by atoms with Crippen molar-refractivity contribution in [2.45, 2.75) is 26.4 Å². The largest absolute Gasteiger partial charge is 0.334 e. The Morgan fingerprint density at radius 3 is 2.64 bits per heavy atom. The molecule has 1 amide bonds. The fourth-order valence-corrected chi connectivity index (χ4v) is 5.00. The molecule has 0 spiro atoms. The Bertz CT molecular complexity index is 817. The predicted octanol–water partition coefficient (Wildman–Crippen LogP) is 3.30. The van der Waals surface area contributed by atoms with Crippen molar-refractivity contribution >= 4 is 23.0 Å². The van der Waals surface area contributed by atoms with Gasteiger partial charge in [-0.15, -0.1) is 0 Å². The number of likely N-dealkylation sites (tertiary alicyclic amines) is 1. The molecule has 0 N–H and O–H groups in total. The van der Waals surface area contributed by atoms with Crippen molar-refractivity contribution in [2.24, 2.45) is 5.41 Å². The third-order valence-electron chi connectivity index (χ3n) is 5.60. The maximum atomic E-state index is 13.4. The quantitative estimate of drug-likeness (QED) is 0.849. The number of likely N-dealkylation sites (N-methyl/N-ethyl adjacent to an activating group) is 1. The van der Waals surface area contributed by atoms with E-state index in [1.807, 2.05) is 30.9 Å². The summed E-state index contributed by atoms with van der Waals surface area (Å²) >= 11 is 1.69. The van der Waals surface area contributed by atoms with Crippen LogP contribution in [-0.4, -0.2) is 47.2 Å². The lowest BCUT2D eigenvalue weighted by molar-refractivity contribution is 0.0560. The van der Waals surface area contributed by atoms with Crippen molar-refractivity contribution < 1.29 is 9.59 Å². The van der Waals surface area contributed by atoms with Crippen LogP contribution in [-0.2, 0) is 6.54 Å². The molecule has 1 aromatic heterocycles. The maximum absolute atomic E-state index is 13.4. The van der Waals surface area contributed by atoms with E-state index in [2.05, 4.69) is 21.7 Å². The molecule has 1 aromatic carbocycles. The van der Waals surface area contributed by atoms with Crippen LogP contribution in [0.3, 0.4) is 0 Å². The van der Waals surface area contributed by atoms with Gasteiger partial charge in [0.05, 0.1) is 17.0 Å². The van der Waals surface area contributed by atoms with Gasteiger partial charge < -0.3 is 4.90 Å². The molecule has 1 saturated heterocycles. The van der Waals surface area contributed by atoms with Crippen molar-refractivity contribution in [3.63, 3.8) is 0 Å². The van der Waals surface area contributed by atoms with Crippen LogP contribution in [0.25, 0.3) is 0 Å². The molecule has 4 nitrogen and oxygen atoms in total. The Kier molecular flexibility index (Phi) is 4.01. The fourth-order valence-electron chi connectivity index (χ4n) is 4.34. The second-order valence-corrected chi connectivity index (χ2v) is 7.98. The molecule has 0 bridgehead atoms. The number of carbonyl (C=O) groups excluding carboxylic acids is 2. The van der Waals surface area contributed by atoms with Gasteiger partial charge in [0, 0.05) is 31.7 Å². The summed E-state index contributed by atoms with van der Waals surface area (Å²) in [4.78, 5) is 30.7. The monoisotopic (exact) mass is 354 g/mol. The Hall–Kier alpha value is -1.98. The standard InChI is InChI=1S/C20H22N2O2S/c1-3-22-17-11-21(10-14-8-9-25-12-14)13-20(17,2)18(23)15-6-4-5-7-16(15)19(22)24/h4-9,12,17H,3,10-11,13H2,1-2H3/t17-,20+/m1/s1. The van der Waals surface area contributed by atoms with Crippen LogP contribution in [0.4, 0.5) is 0 Å². The molecule has 2 aromatic rings. The molecule has 0 radical (unpaired) electrons. The van der Waals surface area contributed by atoms with Crippen molar-refractivity contribution in [1.82, 2.24) is 9.80 Å². The van der Waals surface area contributed by atoms with Gasteiger partial charge in [0.2, 0.25) is 0 Å². The Labute approximate surface area is 152 Å². The lowest BCUT2D eigenvalue weighted by atomic mass is 9.78. The molecule has 2 atom stereocenters. The van der Waals surface area contributed by atoms with Crippen LogP contribution in [0, 0.1) is 5.41 Å². The number of carbonyl (C=O) groups is 2. The molecule has 2 aliphatic rings. The van der Waals surface area contributed by atoms with Crippen LogP contribution in [0.2, 0.25) is 0 Å². The van der Waals surface area contributed by atoms with E-state index in [1.165, 1.54) is 5.56 Å². The van der Waals surface area contributed by atoms with E-state index >= 15 is 0 Å². The Morgan fingerprint density at radius 1 is 1.20 bits per heavy atom. The Morgan fingerprint density at radius 2 is 1.96 bits per heavy atom. The molecular weight excluding hydrogens is 332 g/mol. The lowest BCUT2D eigenvalue weighted by Gasteiger charge is -2.34. The van der Waals surface area contributed by atoms with Gasteiger partial charge in [-0.2, -0.15) is 11.3 Å². The summed E-state index contributed by atoms with van der Waals surface area (Å²) in [5.41, 5.74) is 1.84. The fraction of sp³-hybridized carbons (Fsp3) is 0.400. The highest BCUT2D eigenvalue weighted by Gasteiger charge is 2.54. The predicted molar refractivity (Wildman–Crippen MR) is 99.0 cm³/mol. The van der Waals surface area contributed by atoms with Gasteiger partial charge in [-0.25, -0.2) is 0 Å². The Balaban J connectivity index is 1.74. The zero-order valence-electron chi connectivity index (χ0n) is 14.6. The van der Waals surface area contributed by atoms with Crippen LogP contribution in [0.5, 0.6) is 0 Å². The van der Waals surface area contributed by atoms with Crippen LogP contribution < -0.4 is 0 Å². The minimum absolute atomic E-state index is 0.0161. The normalized spacial score (nSPS) is 26.5. The summed E-state index contributed by atoms with van der Waals surface area (Å²) in [5.74, 6) is 0.0859. The molecule has 2 aliphatic heterocycles. The second kappa shape index (κ2) is 6.07. The van der Waals surface area contributed by atoms with E-state index in [9.17, 15) is 9.59 Å². The number of hydrogen-bond donors (Lipinski definition) is 0. The number of ketones is 1. The van der Waals surface area contributed by atoms with Gasteiger partial charge in [-0.1, -0.05) is 18.2 Å². The van der Waals surface area contributed by atoms with E-state index in [-0.39, 0.29) is 17.7 Å². The number of Topliss-reactive ketones (excluding diaryl/α,β-unsaturated/α-hetero) is 1. The minimum Gasteiger partial charge on any atom is -0.334 e. The third kappa shape index (κ3) is 2.53. The summed E-state index contributed by atoms with van der Waals surface area (Å²) in [6.45, 7) is 6.91. The van der Waals surface area contributed by atoms with Gasteiger partial charge in [0.25, 0.3) is 5.91 Å². The van der Waals surface area contributed by atoms with Crippen LogP contribution >= 0.6 is 11.3 Å². The molecule has 0 unspecified atom stereocenters. The zero-order valence-corrected chi connectivity index (χ0v) is 15.4. The topological polar surface area (TPSA) is 40.6 Å². The first-order valence-corrected chi connectivity index (χ1v) is 9.67. The molecule has 130 valence electrons. The molecule has 1 fully saturated rings. The van der Waals surface area contributed by atoms with E-state index < -0.39 is 5.41 Å². The van der Waals surface area contributed by atoms with Gasteiger partial charge in [-0.05, 0) is 42.3 Å². The van der Waals surface area contributed by atoms with Gasteiger partial charge in [0.15, 0.2) is 5.78 Å². The molecule has 5 heteroatoms. The van der Waals surface area contributed by atoms with E-state index in [0.717, 1.165) is 13.1 Å². The summed E-state index contributed by atoms with van der Waals surface area (Å²) in [5, 5.41) is 4.23. The number of amides is 1. The van der Waals surface area contributed by atoms with Gasteiger partial charge >= 0.3 is 0 Å². The van der Waals surface area contributed by atoms with Crippen molar-refractivity contribution in [1.29, 1.82) is 0 Å². The average molecular weight is 354 g/mol. The van der Waals surface area contributed by atoms with E-state index in [4.69, 9.17) is 0 Å². The van der Waals surface area contributed by atoms with Crippen molar-refractivity contribution in [2.75, 3.05) is 19.6 Å². The summed E-state index contributed by atoms with van der Waals surface area (Å²) in [7, 11) is 0. The van der Waals surface area contributed by atoms with Crippen LogP contribution in [0.1, 0.15) is 40.1 Å². The van der Waals surface area contributed by atoms with E-state index in [1.54, 1.807) is 23.5 Å². The highest BCUT2D eigenvalue weighted by atomic mass is 32.1. The molecule has 3 heterocycles. The molecule has 0 saturated carbocycles. The molecule has 0 aliphatic carbocycles. The first-order valence-electron chi connectivity index (χ1n) is 8.73. The summed E-state index contributed by atoms with van der Waals surface area (Å²) < 4.78 is 0. The lowest BCUT2D eigenvalue weighted by Crippen LogP contribution is -2.49. The molecule has 25 heavy (non-hydrogen) atoms. The highest BCUT2D eigenvalue weighted by Crippen LogP contribution is 2.41. The first-order chi connectivity index (χ1) is 12.0. The SMILES string of the molecule is CCN1C(=O)c2ccccc2C(=O)[C@@]2(C)CN(Cc3ccsc3)C[C@@H]12. The average Bonchev–Trinajstić information content (AvgIpc) is 3.22. The maximum Gasteiger partial charge on any atom is 0.254 e. The third-order valence-corrected chi connectivity index (χ3v) is 6.34. The first kappa shape index (κ1) is 16.5. The summed E-state index contributed by atoms with van der Waals surface area (Å²) in [6.07, 6.45) is 0. The minimum atomic E-state index is -0.561. The van der Waals surface area contributed by atoms with Crippen molar-refractivity contribution in [3.8, 4) is 0 Å². The zero-order chi connectivity index (χ0) is 17.6. The van der Waals surface area contributed by atoms with Gasteiger partial charge in [-0.3, -0.25) is 14.5 Å². The number of hydrogen-bond acceptors (Lipinski definition) is 4. The molecular formula is C20H22N2O2S. The van der Waals surface area contributed by atoms with Crippen LogP contribution in [0.15, 0.2) is 41.1 Å².